The van der Waals surface area contributed by atoms with Gasteiger partial charge in [-0.3, -0.25) is 0 Å². The van der Waals surface area contributed by atoms with Crippen LogP contribution in [0.4, 0.5) is 15.9 Å². The van der Waals surface area contributed by atoms with E-state index >= 15 is 0 Å². The maximum absolute atomic E-state index is 13.9. The van der Waals surface area contributed by atoms with E-state index in [0.717, 1.165) is 36.3 Å². The highest BCUT2D eigenvalue weighted by molar-refractivity contribution is 5.63. The van der Waals surface area contributed by atoms with E-state index in [9.17, 15) is 4.39 Å². The number of nitrogens with two attached hydrogens (primary N) is 1. The van der Waals surface area contributed by atoms with Gasteiger partial charge >= 0.3 is 0 Å². The maximum Gasteiger partial charge on any atom is 0.146 e. The van der Waals surface area contributed by atoms with Gasteiger partial charge in [-0.1, -0.05) is 12.1 Å². The molecule has 0 spiro atoms. The molecule has 104 valence electrons. The summed E-state index contributed by atoms with van der Waals surface area (Å²) in [6, 6.07) is 8.85. The summed E-state index contributed by atoms with van der Waals surface area (Å²) < 4.78 is 13.9. The molecule has 20 heavy (non-hydrogen) atoms. The standard InChI is InChI=1S/C16H18FN3/c1-20(15-8-3-2-6-13(15)17)16-12(10-18)9-11-5-4-7-14(11)19-16/h2-3,6,8-9H,4-5,7,10,18H2,1H3. The van der Waals surface area contributed by atoms with Gasteiger partial charge in [-0.25, -0.2) is 9.37 Å². The summed E-state index contributed by atoms with van der Waals surface area (Å²) in [6.07, 6.45) is 3.20. The average molecular weight is 271 g/mol. The summed E-state index contributed by atoms with van der Waals surface area (Å²) in [7, 11) is 1.83. The van der Waals surface area contributed by atoms with Gasteiger partial charge in [0, 0.05) is 24.8 Å². The van der Waals surface area contributed by atoms with Crippen LogP contribution < -0.4 is 10.6 Å². The number of hydrogen-bond acceptors (Lipinski definition) is 3. The number of hydrogen-bond donors (Lipinski definition) is 1. The quantitative estimate of drug-likeness (QED) is 0.933. The lowest BCUT2D eigenvalue weighted by atomic mass is 10.1. The number of fused-ring (bicyclic) bond motifs is 1. The Balaban J connectivity index is 2.07. The predicted octanol–water partition coefficient (Wildman–Crippen LogP) is 2.94. The summed E-state index contributed by atoms with van der Waals surface area (Å²) in [5, 5.41) is 0. The van der Waals surface area contributed by atoms with Crippen LogP contribution in [-0.2, 0) is 19.4 Å². The monoisotopic (exact) mass is 271 g/mol. The summed E-state index contributed by atoms with van der Waals surface area (Å²) in [6.45, 7) is 0.411. The first-order valence-corrected chi connectivity index (χ1v) is 6.90. The number of aryl methyl sites for hydroxylation is 2. The van der Waals surface area contributed by atoms with E-state index in [2.05, 4.69) is 6.07 Å². The van der Waals surface area contributed by atoms with Crippen LogP contribution in [0.15, 0.2) is 30.3 Å². The Morgan fingerprint density at radius 3 is 2.85 bits per heavy atom. The second kappa shape index (κ2) is 5.21. The van der Waals surface area contributed by atoms with Gasteiger partial charge in [0.15, 0.2) is 0 Å². The molecule has 2 N–H and O–H groups in total. The molecule has 4 heteroatoms. The van der Waals surface area contributed by atoms with Crippen LogP contribution >= 0.6 is 0 Å². The summed E-state index contributed by atoms with van der Waals surface area (Å²) in [5.41, 5.74) is 9.74. The zero-order chi connectivity index (χ0) is 14.1. The van der Waals surface area contributed by atoms with Crippen molar-refractivity contribution in [3.63, 3.8) is 0 Å². The number of rotatable bonds is 3. The van der Waals surface area contributed by atoms with Crippen molar-refractivity contribution >= 4 is 11.5 Å². The van der Waals surface area contributed by atoms with E-state index in [4.69, 9.17) is 10.7 Å². The molecule has 0 saturated carbocycles. The minimum Gasteiger partial charge on any atom is -0.327 e. The second-order valence-corrected chi connectivity index (χ2v) is 5.15. The minimum absolute atomic E-state index is 0.250. The van der Waals surface area contributed by atoms with Crippen LogP contribution in [-0.4, -0.2) is 12.0 Å². The molecule has 3 rings (SSSR count). The Kier molecular flexibility index (Phi) is 3.40. The Morgan fingerprint density at radius 1 is 1.30 bits per heavy atom. The number of nitrogens with zero attached hydrogens (tertiary/aromatic N) is 2. The van der Waals surface area contributed by atoms with Gasteiger partial charge in [0.05, 0.1) is 5.69 Å². The van der Waals surface area contributed by atoms with E-state index in [0.29, 0.717) is 12.2 Å². The van der Waals surface area contributed by atoms with Gasteiger partial charge < -0.3 is 10.6 Å². The SMILES string of the molecule is CN(c1ccccc1F)c1nc2c(cc1CN)CCC2. The molecule has 3 nitrogen and oxygen atoms in total. The number of halogens is 1. The molecule has 1 aromatic heterocycles. The Bertz CT molecular complexity index is 640. The maximum atomic E-state index is 13.9. The molecule has 0 aliphatic heterocycles. The topological polar surface area (TPSA) is 42.2 Å². The number of anilines is 2. The lowest BCUT2D eigenvalue weighted by Crippen LogP contribution is -2.17. The fourth-order valence-corrected chi connectivity index (χ4v) is 2.79. The van der Waals surface area contributed by atoms with Gasteiger partial charge in [0.2, 0.25) is 0 Å². The van der Waals surface area contributed by atoms with Crippen molar-refractivity contribution in [1.29, 1.82) is 0 Å². The van der Waals surface area contributed by atoms with E-state index in [1.165, 1.54) is 11.6 Å². The molecule has 0 radical (unpaired) electrons. The van der Waals surface area contributed by atoms with Crippen molar-refractivity contribution in [3.8, 4) is 0 Å². The molecule has 0 atom stereocenters. The number of aromatic nitrogens is 1. The third kappa shape index (κ3) is 2.16. The lowest BCUT2D eigenvalue weighted by Gasteiger charge is -2.22. The van der Waals surface area contributed by atoms with Crippen LogP contribution in [0.3, 0.4) is 0 Å². The van der Waals surface area contributed by atoms with Gasteiger partial charge in [-0.05, 0) is 43.0 Å². The summed E-state index contributed by atoms with van der Waals surface area (Å²) in [4.78, 5) is 6.51. The first-order valence-electron chi connectivity index (χ1n) is 6.90. The fraction of sp³-hybridized carbons (Fsp3) is 0.312. The smallest absolute Gasteiger partial charge is 0.146 e. The largest absolute Gasteiger partial charge is 0.327 e. The van der Waals surface area contributed by atoms with Crippen LogP contribution in [0.5, 0.6) is 0 Å². The summed E-state index contributed by atoms with van der Waals surface area (Å²) in [5.74, 6) is 0.513. The van der Waals surface area contributed by atoms with Gasteiger partial charge in [0.25, 0.3) is 0 Å². The molecule has 1 aliphatic rings. The molecular formula is C16H18FN3. The van der Waals surface area contributed by atoms with Crippen molar-refractivity contribution in [2.24, 2.45) is 5.73 Å². The van der Waals surface area contributed by atoms with E-state index in [1.807, 2.05) is 13.1 Å². The van der Waals surface area contributed by atoms with E-state index in [-0.39, 0.29) is 5.82 Å². The van der Waals surface area contributed by atoms with Crippen molar-refractivity contribution in [2.45, 2.75) is 25.8 Å². The molecule has 0 bridgehead atoms. The number of para-hydroxylation sites is 1. The molecule has 0 saturated heterocycles. The molecule has 0 unspecified atom stereocenters. The molecule has 1 aromatic carbocycles. The summed E-state index contributed by atoms with van der Waals surface area (Å²) >= 11 is 0. The number of pyridine rings is 1. The van der Waals surface area contributed by atoms with Crippen LogP contribution in [0.25, 0.3) is 0 Å². The lowest BCUT2D eigenvalue weighted by molar-refractivity contribution is 0.627. The van der Waals surface area contributed by atoms with Gasteiger partial charge in [0.1, 0.15) is 11.6 Å². The molecule has 0 fully saturated rings. The third-order valence-electron chi connectivity index (χ3n) is 3.86. The predicted molar refractivity (Wildman–Crippen MR) is 78.6 cm³/mol. The van der Waals surface area contributed by atoms with Crippen LogP contribution in [0.2, 0.25) is 0 Å². The molecule has 1 heterocycles. The number of benzene rings is 1. The highest BCUT2D eigenvalue weighted by Gasteiger charge is 2.19. The molecule has 2 aromatic rings. The Labute approximate surface area is 118 Å². The normalized spacial score (nSPS) is 13.3. The van der Waals surface area contributed by atoms with E-state index in [1.54, 1.807) is 17.0 Å². The fourth-order valence-electron chi connectivity index (χ4n) is 2.79. The first-order chi connectivity index (χ1) is 9.70. The van der Waals surface area contributed by atoms with Crippen molar-refractivity contribution in [1.82, 2.24) is 4.98 Å². The second-order valence-electron chi connectivity index (χ2n) is 5.15. The zero-order valence-corrected chi connectivity index (χ0v) is 11.6. The molecule has 0 amide bonds. The van der Waals surface area contributed by atoms with Crippen molar-refractivity contribution in [3.05, 3.63) is 53.0 Å². The zero-order valence-electron chi connectivity index (χ0n) is 11.6. The highest BCUT2D eigenvalue weighted by atomic mass is 19.1. The highest BCUT2D eigenvalue weighted by Crippen LogP contribution is 2.31. The van der Waals surface area contributed by atoms with Crippen LogP contribution in [0.1, 0.15) is 23.2 Å². The first kappa shape index (κ1) is 13.1. The van der Waals surface area contributed by atoms with Crippen molar-refractivity contribution < 1.29 is 4.39 Å². The third-order valence-corrected chi connectivity index (χ3v) is 3.86. The van der Waals surface area contributed by atoms with Gasteiger partial charge in [-0.2, -0.15) is 0 Å². The minimum atomic E-state index is -0.250. The molecular weight excluding hydrogens is 253 g/mol. The molecule has 1 aliphatic carbocycles. The van der Waals surface area contributed by atoms with Crippen LogP contribution in [0, 0.1) is 5.82 Å². The Morgan fingerprint density at radius 2 is 2.10 bits per heavy atom. The van der Waals surface area contributed by atoms with E-state index < -0.39 is 0 Å². The van der Waals surface area contributed by atoms with Crippen molar-refractivity contribution in [2.75, 3.05) is 11.9 Å². The average Bonchev–Trinajstić information content (AvgIpc) is 2.92. The van der Waals surface area contributed by atoms with Gasteiger partial charge in [-0.15, -0.1) is 0 Å². The Hall–Kier alpha value is -1.94.